The quantitative estimate of drug-likeness (QED) is 0.699. The van der Waals surface area contributed by atoms with Crippen LogP contribution in [-0.2, 0) is 14.8 Å². The van der Waals surface area contributed by atoms with E-state index in [1.54, 1.807) is 30.0 Å². The molecule has 0 saturated carbocycles. The third-order valence-corrected chi connectivity index (χ3v) is 7.96. The fourth-order valence-electron chi connectivity index (χ4n) is 3.53. The number of aryl methyl sites for hydroxylation is 4. The summed E-state index contributed by atoms with van der Waals surface area (Å²) in [6, 6.07) is 9.02. The van der Waals surface area contributed by atoms with E-state index in [1.165, 1.54) is 4.31 Å². The Morgan fingerprint density at radius 1 is 0.967 bits per heavy atom. The van der Waals surface area contributed by atoms with Crippen molar-refractivity contribution in [2.24, 2.45) is 0 Å². The molecule has 0 atom stereocenters. The molecule has 0 N–H and O–H groups in total. The van der Waals surface area contributed by atoms with Crippen molar-refractivity contribution < 1.29 is 17.9 Å². The summed E-state index contributed by atoms with van der Waals surface area (Å²) in [6.45, 7) is 8.56. The number of nitrogens with zero attached hydrogens (tertiary/aromatic N) is 2. The van der Waals surface area contributed by atoms with E-state index < -0.39 is 10.0 Å². The molecule has 1 aliphatic rings. The van der Waals surface area contributed by atoms with Gasteiger partial charge in [0, 0.05) is 31.2 Å². The minimum atomic E-state index is -3.58. The van der Waals surface area contributed by atoms with E-state index in [9.17, 15) is 13.2 Å². The minimum absolute atomic E-state index is 0.0930. The van der Waals surface area contributed by atoms with Gasteiger partial charge in [-0.3, -0.25) is 4.79 Å². The molecule has 2 aromatic carbocycles. The summed E-state index contributed by atoms with van der Waals surface area (Å²) in [5.41, 5.74) is 3.41. The van der Waals surface area contributed by atoms with Crippen LogP contribution in [0, 0.1) is 27.7 Å². The first kappa shape index (κ1) is 22.6. The second kappa shape index (κ2) is 8.96. The first-order valence-corrected chi connectivity index (χ1v) is 11.7. The van der Waals surface area contributed by atoms with E-state index in [4.69, 9.17) is 16.3 Å². The van der Waals surface area contributed by atoms with Crippen LogP contribution in [0.2, 0.25) is 5.02 Å². The van der Waals surface area contributed by atoms with Crippen molar-refractivity contribution >= 4 is 27.5 Å². The highest BCUT2D eigenvalue weighted by molar-refractivity contribution is 7.89. The predicted molar refractivity (Wildman–Crippen MR) is 118 cm³/mol. The van der Waals surface area contributed by atoms with Gasteiger partial charge in [-0.25, -0.2) is 8.42 Å². The van der Waals surface area contributed by atoms with Crippen LogP contribution in [0.3, 0.4) is 0 Å². The Morgan fingerprint density at radius 2 is 1.57 bits per heavy atom. The topological polar surface area (TPSA) is 66.9 Å². The Morgan fingerprint density at radius 3 is 2.17 bits per heavy atom. The normalized spacial score (nSPS) is 15.3. The lowest BCUT2D eigenvalue weighted by atomic mass is 10.1. The first-order chi connectivity index (χ1) is 14.1. The number of carbonyl (C=O) groups excluding carboxylic acids is 1. The van der Waals surface area contributed by atoms with Gasteiger partial charge in [0.25, 0.3) is 5.91 Å². The number of sulfonamides is 1. The van der Waals surface area contributed by atoms with Crippen molar-refractivity contribution in [1.82, 2.24) is 9.21 Å². The SMILES string of the molecule is Cc1ccc(C)c(S(=O)(=O)N2CCN(C(=O)COc3cc(C)c(Cl)c(C)c3)CC2)c1. The van der Waals surface area contributed by atoms with Gasteiger partial charge in [0.15, 0.2) is 6.61 Å². The molecule has 0 bridgehead atoms. The van der Waals surface area contributed by atoms with Crippen molar-refractivity contribution in [2.75, 3.05) is 32.8 Å². The molecule has 30 heavy (non-hydrogen) atoms. The molecule has 1 heterocycles. The molecule has 8 heteroatoms. The number of halogens is 1. The van der Waals surface area contributed by atoms with Gasteiger partial charge in [-0.1, -0.05) is 23.7 Å². The molecule has 1 saturated heterocycles. The third-order valence-electron chi connectivity index (χ3n) is 5.33. The van der Waals surface area contributed by atoms with E-state index in [0.29, 0.717) is 28.8 Å². The number of rotatable bonds is 5. The van der Waals surface area contributed by atoms with Gasteiger partial charge in [-0.2, -0.15) is 4.31 Å². The standard InChI is InChI=1S/C22H27ClN2O4S/c1-15-5-6-16(2)20(11-15)30(27,28)25-9-7-24(8-10-25)21(26)14-29-19-12-17(3)22(23)18(4)13-19/h5-6,11-13H,7-10,14H2,1-4H3. The first-order valence-electron chi connectivity index (χ1n) is 9.84. The lowest BCUT2D eigenvalue weighted by Crippen LogP contribution is -2.51. The molecule has 0 aromatic heterocycles. The lowest BCUT2D eigenvalue weighted by molar-refractivity contribution is -0.134. The average Bonchev–Trinajstić information content (AvgIpc) is 2.71. The maximum atomic E-state index is 13.0. The Labute approximate surface area is 183 Å². The van der Waals surface area contributed by atoms with E-state index in [0.717, 1.165) is 22.3 Å². The molecule has 3 rings (SSSR count). The second-order valence-electron chi connectivity index (χ2n) is 7.71. The van der Waals surface area contributed by atoms with Crippen LogP contribution in [0.15, 0.2) is 35.2 Å². The van der Waals surface area contributed by atoms with Gasteiger partial charge in [0.2, 0.25) is 10.0 Å². The van der Waals surface area contributed by atoms with Crippen molar-refractivity contribution in [3.05, 3.63) is 57.6 Å². The molecular weight excluding hydrogens is 424 g/mol. The summed E-state index contributed by atoms with van der Waals surface area (Å²) >= 11 is 6.16. The van der Waals surface area contributed by atoms with Crippen LogP contribution in [0.25, 0.3) is 0 Å². The Hall–Kier alpha value is -2.09. The number of benzene rings is 2. The molecule has 0 unspecified atom stereocenters. The molecule has 1 aliphatic heterocycles. The molecule has 2 aromatic rings. The molecule has 162 valence electrons. The van der Waals surface area contributed by atoms with Gasteiger partial charge in [0.1, 0.15) is 5.75 Å². The molecule has 0 spiro atoms. The Kier molecular flexibility index (Phi) is 6.75. The Balaban J connectivity index is 1.60. The number of hydrogen-bond acceptors (Lipinski definition) is 4. The van der Waals surface area contributed by atoms with Crippen LogP contribution in [0.5, 0.6) is 5.75 Å². The zero-order chi connectivity index (χ0) is 22.1. The maximum absolute atomic E-state index is 13.0. The lowest BCUT2D eigenvalue weighted by Gasteiger charge is -2.34. The smallest absolute Gasteiger partial charge is 0.260 e. The summed E-state index contributed by atoms with van der Waals surface area (Å²) in [4.78, 5) is 14.5. The monoisotopic (exact) mass is 450 g/mol. The van der Waals surface area contributed by atoms with E-state index in [2.05, 4.69) is 0 Å². The van der Waals surface area contributed by atoms with E-state index >= 15 is 0 Å². The summed E-state index contributed by atoms with van der Waals surface area (Å²) in [5.74, 6) is 0.433. The maximum Gasteiger partial charge on any atom is 0.260 e. The van der Waals surface area contributed by atoms with Crippen LogP contribution in [-0.4, -0.2) is 56.3 Å². The number of hydrogen-bond donors (Lipinski definition) is 0. The molecule has 1 amide bonds. The zero-order valence-electron chi connectivity index (χ0n) is 17.7. The molecule has 1 fully saturated rings. The highest BCUT2D eigenvalue weighted by Crippen LogP contribution is 2.26. The van der Waals surface area contributed by atoms with Crippen molar-refractivity contribution in [1.29, 1.82) is 0 Å². The molecule has 0 aliphatic carbocycles. The fraction of sp³-hybridized carbons (Fsp3) is 0.409. The Bertz CT molecular complexity index is 1040. The number of carbonyl (C=O) groups is 1. The molecular formula is C22H27ClN2O4S. The second-order valence-corrected chi connectivity index (χ2v) is 10.00. The van der Waals surface area contributed by atoms with Crippen LogP contribution < -0.4 is 4.74 Å². The van der Waals surface area contributed by atoms with Gasteiger partial charge < -0.3 is 9.64 Å². The van der Waals surface area contributed by atoms with Crippen molar-refractivity contribution in [3.8, 4) is 5.75 Å². The fourth-order valence-corrected chi connectivity index (χ4v) is 5.37. The number of ether oxygens (including phenoxy) is 1. The summed E-state index contributed by atoms with van der Waals surface area (Å²) in [7, 11) is -3.58. The zero-order valence-corrected chi connectivity index (χ0v) is 19.3. The third kappa shape index (κ3) is 4.79. The minimum Gasteiger partial charge on any atom is -0.484 e. The number of amides is 1. The van der Waals surface area contributed by atoms with Crippen LogP contribution >= 0.6 is 11.6 Å². The molecule has 6 nitrogen and oxygen atoms in total. The highest BCUT2D eigenvalue weighted by atomic mass is 35.5. The van der Waals surface area contributed by atoms with E-state index in [-0.39, 0.29) is 25.6 Å². The van der Waals surface area contributed by atoms with Gasteiger partial charge in [-0.15, -0.1) is 0 Å². The average molecular weight is 451 g/mol. The van der Waals surface area contributed by atoms with Crippen molar-refractivity contribution in [3.63, 3.8) is 0 Å². The van der Waals surface area contributed by atoms with Gasteiger partial charge in [-0.05, 0) is 68.1 Å². The largest absolute Gasteiger partial charge is 0.484 e. The van der Waals surface area contributed by atoms with Crippen LogP contribution in [0.4, 0.5) is 0 Å². The summed E-state index contributed by atoms with van der Waals surface area (Å²) in [6.07, 6.45) is 0. The van der Waals surface area contributed by atoms with Gasteiger partial charge >= 0.3 is 0 Å². The predicted octanol–water partition coefficient (Wildman–Crippen LogP) is 3.49. The summed E-state index contributed by atoms with van der Waals surface area (Å²) in [5, 5.41) is 0.690. The van der Waals surface area contributed by atoms with Crippen LogP contribution in [0.1, 0.15) is 22.3 Å². The number of piperazine rings is 1. The van der Waals surface area contributed by atoms with E-state index in [1.807, 2.05) is 32.9 Å². The molecule has 0 radical (unpaired) electrons. The van der Waals surface area contributed by atoms with Crippen molar-refractivity contribution in [2.45, 2.75) is 32.6 Å². The summed E-state index contributed by atoms with van der Waals surface area (Å²) < 4.78 is 33.1. The highest BCUT2D eigenvalue weighted by Gasteiger charge is 2.31. The van der Waals surface area contributed by atoms with Gasteiger partial charge in [0.05, 0.1) is 4.90 Å².